The molecule has 0 bridgehead atoms. The van der Waals surface area contributed by atoms with Crippen LogP contribution in [0.15, 0.2) is 91.0 Å². The third kappa shape index (κ3) is 7.54. The lowest BCUT2D eigenvalue weighted by atomic mass is 9.88. The first-order valence-corrected chi connectivity index (χ1v) is 12.8. The molecule has 0 fully saturated rings. The van der Waals surface area contributed by atoms with Crippen molar-refractivity contribution in [1.29, 1.82) is 0 Å². The van der Waals surface area contributed by atoms with Crippen molar-refractivity contribution < 1.29 is 9.59 Å². The maximum atomic E-state index is 13.9. The van der Waals surface area contributed by atoms with Crippen LogP contribution in [0, 0.1) is 0 Å². The first-order chi connectivity index (χ1) is 17.0. The molecule has 184 valence electrons. The highest BCUT2D eigenvalue weighted by molar-refractivity contribution is 5.88. The van der Waals surface area contributed by atoms with Gasteiger partial charge in [-0.15, -0.1) is 0 Å². The molecule has 0 saturated heterocycles. The van der Waals surface area contributed by atoms with Gasteiger partial charge in [0.05, 0.1) is 0 Å². The van der Waals surface area contributed by atoms with Gasteiger partial charge in [-0.05, 0) is 42.9 Å². The standard InChI is InChI=1S/C31H38N2O2/c1-4-24(3)32-31(35)29(5-2)33(22-21-25-15-9-6-10-16-25)30(34)23-28(26-17-11-7-12-18-26)27-19-13-8-14-20-27/h6-20,24,28-29H,4-5,21-23H2,1-3H3,(H,32,35). The topological polar surface area (TPSA) is 49.4 Å². The van der Waals surface area contributed by atoms with Gasteiger partial charge in [0, 0.05) is 24.9 Å². The van der Waals surface area contributed by atoms with E-state index in [1.807, 2.05) is 73.3 Å². The highest BCUT2D eigenvalue weighted by Crippen LogP contribution is 2.29. The van der Waals surface area contributed by atoms with Crippen molar-refractivity contribution in [3.05, 3.63) is 108 Å². The summed E-state index contributed by atoms with van der Waals surface area (Å²) in [6.45, 7) is 6.54. The molecule has 3 aromatic rings. The molecule has 0 spiro atoms. The minimum absolute atomic E-state index is 0.00443. The molecule has 0 radical (unpaired) electrons. The van der Waals surface area contributed by atoms with Crippen LogP contribution >= 0.6 is 0 Å². The summed E-state index contributed by atoms with van der Waals surface area (Å²) in [4.78, 5) is 29.0. The van der Waals surface area contributed by atoms with Gasteiger partial charge in [0.2, 0.25) is 11.8 Å². The molecule has 0 aliphatic rings. The van der Waals surface area contributed by atoms with E-state index >= 15 is 0 Å². The van der Waals surface area contributed by atoms with E-state index in [1.165, 1.54) is 0 Å². The Hall–Kier alpha value is -3.40. The average molecular weight is 471 g/mol. The van der Waals surface area contributed by atoms with Crippen molar-refractivity contribution in [2.75, 3.05) is 6.54 Å². The van der Waals surface area contributed by atoms with E-state index in [0.717, 1.165) is 23.1 Å². The van der Waals surface area contributed by atoms with E-state index in [2.05, 4.69) is 48.6 Å². The molecule has 2 unspecified atom stereocenters. The lowest BCUT2D eigenvalue weighted by Crippen LogP contribution is -2.52. The zero-order valence-electron chi connectivity index (χ0n) is 21.2. The van der Waals surface area contributed by atoms with Crippen molar-refractivity contribution in [1.82, 2.24) is 10.2 Å². The van der Waals surface area contributed by atoms with Crippen LogP contribution in [0.1, 0.15) is 62.6 Å². The number of amides is 2. The van der Waals surface area contributed by atoms with E-state index < -0.39 is 6.04 Å². The number of rotatable bonds is 12. The number of carbonyl (C=O) groups is 2. The van der Waals surface area contributed by atoms with Gasteiger partial charge in [-0.3, -0.25) is 9.59 Å². The van der Waals surface area contributed by atoms with Gasteiger partial charge in [-0.2, -0.15) is 0 Å². The van der Waals surface area contributed by atoms with Crippen molar-refractivity contribution in [2.24, 2.45) is 0 Å². The van der Waals surface area contributed by atoms with Gasteiger partial charge >= 0.3 is 0 Å². The Balaban J connectivity index is 1.89. The monoisotopic (exact) mass is 470 g/mol. The molecule has 3 aromatic carbocycles. The maximum Gasteiger partial charge on any atom is 0.243 e. The third-order valence-electron chi connectivity index (χ3n) is 6.65. The third-order valence-corrected chi connectivity index (χ3v) is 6.65. The summed E-state index contributed by atoms with van der Waals surface area (Å²) in [6.07, 6.45) is 2.45. The van der Waals surface area contributed by atoms with Crippen LogP contribution in [0.3, 0.4) is 0 Å². The second-order valence-corrected chi connectivity index (χ2v) is 9.14. The fraction of sp³-hybridized carbons (Fsp3) is 0.355. The van der Waals surface area contributed by atoms with Gasteiger partial charge in [0.1, 0.15) is 6.04 Å². The Kier molecular flexibility index (Phi) is 10.1. The van der Waals surface area contributed by atoms with E-state index in [-0.39, 0.29) is 23.8 Å². The zero-order chi connectivity index (χ0) is 25.0. The van der Waals surface area contributed by atoms with Gasteiger partial charge in [0.15, 0.2) is 0 Å². The van der Waals surface area contributed by atoms with Crippen molar-refractivity contribution >= 4 is 11.8 Å². The van der Waals surface area contributed by atoms with Crippen molar-refractivity contribution in [2.45, 2.75) is 64.5 Å². The molecular formula is C31H38N2O2. The fourth-order valence-corrected chi connectivity index (χ4v) is 4.43. The van der Waals surface area contributed by atoms with E-state index in [9.17, 15) is 9.59 Å². The van der Waals surface area contributed by atoms with E-state index in [0.29, 0.717) is 25.8 Å². The zero-order valence-corrected chi connectivity index (χ0v) is 21.2. The Morgan fingerprint density at radius 2 is 1.29 bits per heavy atom. The molecule has 35 heavy (non-hydrogen) atoms. The molecule has 4 nitrogen and oxygen atoms in total. The summed E-state index contributed by atoms with van der Waals surface area (Å²) in [5.74, 6) is -0.136. The Labute approximate surface area is 210 Å². The van der Waals surface area contributed by atoms with Crippen LogP contribution in [0.4, 0.5) is 0 Å². The number of carbonyl (C=O) groups excluding carboxylic acids is 2. The van der Waals surface area contributed by atoms with Crippen LogP contribution in [-0.4, -0.2) is 35.3 Å². The van der Waals surface area contributed by atoms with Gasteiger partial charge in [-0.1, -0.05) is 105 Å². The van der Waals surface area contributed by atoms with Gasteiger partial charge < -0.3 is 10.2 Å². The molecule has 0 aliphatic heterocycles. The van der Waals surface area contributed by atoms with E-state index in [1.54, 1.807) is 0 Å². The molecule has 0 aliphatic carbocycles. The molecule has 2 atom stereocenters. The van der Waals surface area contributed by atoms with Crippen LogP contribution in [0.2, 0.25) is 0 Å². The van der Waals surface area contributed by atoms with Crippen LogP contribution < -0.4 is 5.32 Å². The van der Waals surface area contributed by atoms with Crippen LogP contribution in [-0.2, 0) is 16.0 Å². The number of hydrogen-bond donors (Lipinski definition) is 1. The lowest BCUT2D eigenvalue weighted by Gasteiger charge is -2.33. The molecule has 0 heterocycles. The molecule has 0 saturated carbocycles. The highest BCUT2D eigenvalue weighted by Gasteiger charge is 2.31. The molecule has 4 heteroatoms. The van der Waals surface area contributed by atoms with Crippen molar-refractivity contribution in [3.8, 4) is 0 Å². The minimum Gasteiger partial charge on any atom is -0.352 e. The lowest BCUT2D eigenvalue weighted by molar-refractivity contribution is -0.141. The molecular weight excluding hydrogens is 432 g/mol. The first kappa shape index (κ1) is 26.2. The van der Waals surface area contributed by atoms with E-state index in [4.69, 9.17) is 0 Å². The Morgan fingerprint density at radius 3 is 1.77 bits per heavy atom. The normalized spacial score (nSPS) is 12.7. The average Bonchev–Trinajstić information content (AvgIpc) is 2.90. The molecule has 1 N–H and O–H groups in total. The predicted octanol–water partition coefficient (Wildman–Crippen LogP) is 5.97. The van der Waals surface area contributed by atoms with Gasteiger partial charge in [-0.25, -0.2) is 0 Å². The summed E-state index contributed by atoms with van der Waals surface area (Å²) in [6, 6.07) is 30.1. The number of benzene rings is 3. The number of nitrogens with zero attached hydrogens (tertiary/aromatic N) is 1. The minimum atomic E-state index is -0.493. The predicted molar refractivity (Wildman–Crippen MR) is 143 cm³/mol. The SMILES string of the molecule is CCC(C)NC(=O)C(CC)N(CCc1ccccc1)C(=O)CC(c1ccccc1)c1ccccc1. The Bertz CT molecular complexity index is 998. The summed E-state index contributed by atoms with van der Waals surface area (Å²) >= 11 is 0. The Morgan fingerprint density at radius 1 is 0.771 bits per heavy atom. The fourth-order valence-electron chi connectivity index (χ4n) is 4.43. The molecule has 0 aromatic heterocycles. The summed E-state index contributed by atoms with van der Waals surface area (Å²) in [5.41, 5.74) is 3.37. The molecule has 3 rings (SSSR count). The summed E-state index contributed by atoms with van der Waals surface area (Å²) < 4.78 is 0. The quantitative estimate of drug-likeness (QED) is 0.354. The van der Waals surface area contributed by atoms with Crippen LogP contribution in [0.5, 0.6) is 0 Å². The maximum absolute atomic E-state index is 13.9. The molecule has 2 amide bonds. The van der Waals surface area contributed by atoms with Crippen molar-refractivity contribution in [3.63, 3.8) is 0 Å². The smallest absolute Gasteiger partial charge is 0.243 e. The van der Waals surface area contributed by atoms with Crippen LogP contribution in [0.25, 0.3) is 0 Å². The first-order valence-electron chi connectivity index (χ1n) is 12.8. The second-order valence-electron chi connectivity index (χ2n) is 9.14. The largest absolute Gasteiger partial charge is 0.352 e. The highest BCUT2D eigenvalue weighted by atomic mass is 16.2. The van der Waals surface area contributed by atoms with Gasteiger partial charge in [0.25, 0.3) is 0 Å². The summed E-state index contributed by atoms with van der Waals surface area (Å²) in [7, 11) is 0. The number of hydrogen-bond acceptors (Lipinski definition) is 2. The number of nitrogens with one attached hydrogen (secondary N) is 1. The second kappa shape index (κ2) is 13.5. The summed E-state index contributed by atoms with van der Waals surface area (Å²) in [5, 5.41) is 3.10.